The second-order valence-corrected chi connectivity index (χ2v) is 9.06. The summed E-state index contributed by atoms with van der Waals surface area (Å²) in [4.78, 5) is 0. The van der Waals surface area contributed by atoms with Crippen LogP contribution in [0.3, 0.4) is 0 Å². The van der Waals surface area contributed by atoms with Gasteiger partial charge >= 0.3 is 0 Å². The molecule has 0 aliphatic carbocycles. The lowest BCUT2D eigenvalue weighted by atomic mass is 10.1. The summed E-state index contributed by atoms with van der Waals surface area (Å²) < 4.78 is 5.93. The van der Waals surface area contributed by atoms with Crippen LogP contribution < -0.4 is 4.43 Å². The fourth-order valence-corrected chi connectivity index (χ4v) is 2.35. The highest BCUT2D eigenvalue weighted by molar-refractivity contribution is 6.70. The molecule has 0 aromatic heterocycles. The summed E-state index contributed by atoms with van der Waals surface area (Å²) in [6.07, 6.45) is 0. The van der Waals surface area contributed by atoms with E-state index in [0.717, 1.165) is 11.1 Å². The first-order valence-electron chi connectivity index (χ1n) is 5.14. The van der Waals surface area contributed by atoms with Gasteiger partial charge in [-0.25, -0.2) is 0 Å². The van der Waals surface area contributed by atoms with Crippen molar-refractivity contribution in [2.45, 2.75) is 19.6 Å². The van der Waals surface area contributed by atoms with E-state index in [4.69, 9.17) is 4.43 Å². The molecule has 0 aliphatic heterocycles. The minimum Gasteiger partial charge on any atom is -0.544 e. The molecule has 1 radical (unpaired) electrons. The minimum atomic E-state index is -1.50. The van der Waals surface area contributed by atoms with Crippen LogP contribution in [0, 0.1) is 6.07 Å². The highest BCUT2D eigenvalue weighted by atomic mass is 28.4. The van der Waals surface area contributed by atoms with Gasteiger partial charge < -0.3 is 4.43 Å². The van der Waals surface area contributed by atoms with Crippen molar-refractivity contribution in [3.05, 3.63) is 42.5 Å². The zero-order valence-electron chi connectivity index (χ0n) is 9.37. The Morgan fingerprint density at radius 1 is 1.13 bits per heavy atom. The van der Waals surface area contributed by atoms with E-state index >= 15 is 0 Å². The lowest BCUT2D eigenvalue weighted by Gasteiger charge is -2.19. The molecular weight excluding hydrogens is 200 g/mol. The molecule has 0 N–H and O–H groups in total. The van der Waals surface area contributed by atoms with Crippen LogP contribution in [0.2, 0.25) is 19.6 Å². The molecule has 0 aliphatic rings. The number of fused-ring (bicyclic) bond motifs is 1. The van der Waals surface area contributed by atoms with Crippen molar-refractivity contribution in [1.29, 1.82) is 0 Å². The van der Waals surface area contributed by atoms with E-state index in [1.54, 1.807) is 0 Å². The molecule has 0 fully saturated rings. The first kappa shape index (κ1) is 10.2. The standard InChI is InChI=1S/C13H15OSi/c1-15(2,3)14-13-9-8-11-6-4-5-7-12(11)10-13/h4-5,7-10H,1-3H3. The van der Waals surface area contributed by atoms with Gasteiger partial charge in [-0.2, -0.15) is 0 Å². The Morgan fingerprint density at radius 3 is 2.67 bits per heavy atom. The Morgan fingerprint density at radius 2 is 1.93 bits per heavy atom. The molecule has 2 heteroatoms. The van der Waals surface area contributed by atoms with Crippen LogP contribution in [0.5, 0.6) is 5.75 Å². The molecule has 0 amide bonds. The van der Waals surface area contributed by atoms with Crippen molar-refractivity contribution >= 4 is 19.1 Å². The predicted molar refractivity (Wildman–Crippen MR) is 66.8 cm³/mol. The zero-order chi connectivity index (χ0) is 10.9. The summed E-state index contributed by atoms with van der Waals surface area (Å²) in [6, 6.07) is 15.4. The van der Waals surface area contributed by atoms with E-state index < -0.39 is 8.32 Å². The summed E-state index contributed by atoms with van der Waals surface area (Å²) >= 11 is 0. The average molecular weight is 215 g/mol. The maximum absolute atomic E-state index is 5.93. The van der Waals surface area contributed by atoms with Crippen molar-refractivity contribution in [1.82, 2.24) is 0 Å². The van der Waals surface area contributed by atoms with E-state index in [9.17, 15) is 0 Å². The molecule has 77 valence electrons. The normalized spacial score (nSPS) is 11.7. The minimum absolute atomic E-state index is 0.973. The van der Waals surface area contributed by atoms with Crippen molar-refractivity contribution in [2.24, 2.45) is 0 Å². The van der Waals surface area contributed by atoms with Crippen LogP contribution in [0.1, 0.15) is 0 Å². The van der Waals surface area contributed by atoms with Gasteiger partial charge in [0.15, 0.2) is 0 Å². The Hall–Kier alpha value is -1.28. The van der Waals surface area contributed by atoms with Crippen molar-refractivity contribution in [2.75, 3.05) is 0 Å². The van der Waals surface area contributed by atoms with Crippen LogP contribution in [-0.2, 0) is 0 Å². The highest BCUT2D eigenvalue weighted by Gasteiger charge is 2.15. The van der Waals surface area contributed by atoms with Crippen LogP contribution >= 0.6 is 0 Å². The third-order valence-corrected chi connectivity index (χ3v) is 2.91. The Kier molecular flexibility index (Phi) is 2.53. The molecule has 0 unspecified atom stereocenters. The third-order valence-electron chi connectivity index (χ3n) is 2.06. The van der Waals surface area contributed by atoms with Gasteiger partial charge in [0.25, 0.3) is 0 Å². The predicted octanol–water partition coefficient (Wildman–Crippen LogP) is 3.85. The number of hydrogen-bond donors (Lipinski definition) is 0. The van der Waals surface area contributed by atoms with E-state index in [2.05, 4.69) is 43.9 Å². The van der Waals surface area contributed by atoms with Crippen LogP contribution in [0.4, 0.5) is 0 Å². The van der Waals surface area contributed by atoms with Gasteiger partial charge in [0.05, 0.1) is 0 Å². The molecule has 0 spiro atoms. The highest BCUT2D eigenvalue weighted by Crippen LogP contribution is 2.22. The van der Waals surface area contributed by atoms with Crippen LogP contribution in [0.15, 0.2) is 36.4 Å². The quantitative estimate of drug-likeness (QED) is 0.691. The van der Waals surface area contributed by atoms with E-state index in [-0.39, 0.29) is 0 Å². The van der Waals surface area contributed by atoms with Crippen molar-refractivity contribution in [3.8, 4) is 5.75 Å². The maximum atomic E-state index is 5.93. The first-order valence-corrected chi connectivity index (χ1v) is 8.55. The smallest absolute Gasteiger partial charge is 0.242 e. The van der Waals surface area contributed by atoms with E-state index in [1.165, 1.54) is 5.39 Å². The molecule has 2 rings (SSSR count). The molecule has 0 bridgehead atoms. The van der Waals surface area contributed by atoms with Gasteiger partial charge in [-0.3, -0.25) is 0 Å². The topological polar surface area (TPSA) is 9.23 Å². The SMILES string of the molecule is C[Si](C)(C)Oc1ccc2[c]cccc2c1. The largest absolute Gasteiger partial charge is 0.544 e. The maximum Gasteiger partial charge on any atom is 0.242 e. The Labute approximate surface area is 91.8 Å². The summed E-state index contributed by atoms with van der Waals surface area (Å²) in [7, 11) is -1.50. The molecule has 1 nitrogen and oxygen atoms in total. The summed E-state index contributed by atoms with van der Waals surface area (Å²) in [5, 5.41) is 2.33. The molecular formula is C13H15OSi. The van der Waals surface area contributed by atoms with Crippen LogP contribution in [-0.4, -0.2) is 8.32 Å². The fourth-order valence-electron chi connectivity index (χ4n) is 1.52. The molecule has 2 aromatic carbocycles. The lowest BCUT2D eigenvalue weighted by Crippen LogP contribution is -2.29. The van der Waals surface area contributed by atoms with Gasteiger partial charge in [0, 0.05) is 0 Å². The molecule has 15 heavy (non-hydrogen) atoms. The molecule has 0 atom stereocenters. The summed E-state index contributed by atoms with van der Waals surface area (Å²) in [6.45, 7) is 6.57. The van der Waals surface area contributed by atoms with E-state index in [1.807, 2.05) is 18.2 Å². The van der Waals surface area contributed by atoms with Gasteiger partial charge in [-0.05, 0) is 48.6 Å². The number of rotatable bonds is 2. The van der Waals surface area contributed by atoms with Gasteiger partial charge in [-0.15, -0.1) is 0 Å². The van der Waals surface area contributed by atoms with Crippen molar-refractivity contribution < 1.29 is 4.43 Å². The fraction of sp³-hybridized carbons (Fsp3) is 0.231. The second-order valence-electron chi connectivity index (χ2n) is 4.63. The molecule has 0 saturated carbocycles. The monoisotopic (exact) mass is 215 g/mol. The summed E-state index contributed by atoms with van der Waals surface area (Å²) in [5.41, 5.74) is 0. The Balaban J connectivity index is 2.39. The van der Waals surface area contributed by atoms with Gasteiger partial charge in [-0.1, -0.05) is 24.3 Å². The molecule has 0 heterocycles. The molecule has 0 saturated heterocycles. The summed E-state index contributed by atoms with van der Waals surface area (Å²) in [5.74, 6) is 0.973. The number of benzene rings is 2. The molecule has 2 aromatic rings. The number of hydrogen-bond acceptors (Lipinski definition) is 1. The van der Waals surface area contributed by atoms with Crippen molar-refractivity contribution in [3.63, 3.8) is 0 Å². The first-order chi connectivity index (χ1) is 7.04. The third kappa shape index (κ3) is 2.60. The van der Waals surface area contributed by atoms with Crippen LogP contribution in [0.25, 0.3) is 10.8 Å². The Bertz CT molecular complexity index is 471. The van der Waals surface area contributed by atoms with Gasteiger partial charge in [0.1, 0.15) is 5.75 Å². The van der Waals surface area contributed by atoms with E-state index in [0.29, 0.717) is 0 Å². The second kappa shape index (κ2) is 3.70. The lowest BCUT2D eigenvalue weighted by molar-refractivity contribution is 0.558. The van der Waals surface area contributed by atoms with Gasteiger partial charge in [0.2, 0.25) is 8.32 Å². The zero-order valence-corrected chi connectivity index (χ0v) is 10.4. The average Bonchev–Trinajstić information content (AvgIpc) is 2.15.